The van der Waals surface area contributed by atoms with E-state index in [4.69, 9.17) is 0 Å². The predicted octanol–water partition coefficient (Wildman–Crippen LogP) is 3.13. The fraction of sp³-hybridized carbons (Fsp3) is 0.538. The van der Waals surface area contributed by atoms with Crippen molar-refractivity contribution in [3.63, 3.8) is 0 Å². The van der Waals surface area contributed by atoms with Gasteiger partial charge in [-0.3, -0.25) is 0 Å². The Kier molecular flexibility index (Phi) is 4.11. The Morgan fingerprint density at radius 1 is 1.17 bits per heavy atom. The van der Waals surface area contributed by atoms with Gasteiger partial charge in [-0.15, -0.1) is 13.2 Å². The fourth-order valence-electron chi connectivity index (χ4n) is 1.72. The molecule has 1 aromatic rings. The van der Waals surface area contributed by atoms with Gasteiger partial charge in [0.15, 0.2) is 0 Å². The number of halogens is 3. The molecule has 1 aliphatic rings. The first-order chi connectivity index (χ1) is 8.53. The molecule has 1 N–H and O–H groups in total. The summed E-state index contributed by atoms with van der Waals surface area (Å²) in [4.78, 5) is 0. The zero-order valence-corrected chi connectivity index (χ0v) is 9.96. The number of hydrogen-bond donors (Lipinski definition) is 1. The standard InChI is InChI=1S/C13H16F3NO/c14-13(15,16)18-12-5-3-10(4-6-12)7-8-17-9-11-1-2-11/h3-6,11,17H,1-2,7-9H2. The van der Waals surface area contributed by atoms with Crippen molar-refractivity contribution < 1.29 is 17.9 Å². The summed E-state index contributed by atoms with van der Waals surface area (Å²) in [5.41, 5.74) is 1.01. The quantitative estimate of drug-likeness (QED) is 0.792. The summed E-state index contributed by atoms with van der Waals surface area (Å²) in [5, 5.41) is 3.34. The first kappa shape index (κ1) is 13.2. The monoisotopic (exact) mass is 259 g/mol. The Labute approximate surface area is 104 Å². The van der Waals surface area contributed by atoms with Crippen LogP contribution in [0.15, 0.2) is 24.3 Å². The van der Waals surface area contributed by atoms with Crippen LogP contribution in [0.5, 0.6) is 5.75 Å². The SMILES string of the molecule is FC(F)(F)Oc1ccc(CCNCC2CC2)cc1. The molecule has 0 heterocycles. The molecule has 2 rings (SSSR count). The molecule has 1 saturated carbocycles. The average molecular weight is 259 g/mol. The van der Waals surface area contributed by atoms with Gasteiger partial charge in [-0.05, 0) is 56.0 Å². The second-order valence-corrected chi connectivity index (χ2v) is 4.59. The molecule has 18 heavy (non-hydrogen) atoms. The first-order valence-electron chi connectivity index (χ1n) is 6.08. The lowest BCUT2D eigenvalue weighted by Gasteiger charge is -2.09. The summed E-state index contributed by atoms with van der Waals surface area (Å²) in [7, 11) is 0. The van der Waals surface area contributed by atoms with Gasteiger partial charge in [0, 0.05) is 0 Å². The van der Waals surface area contributed by atoms with Crippen LogP contribution in [0.4, 0.5) is 13.2 Å². The lowest BCUT2D eigenvalue weighted by Crippen LogP contribution is -2.19. The van der Waals surface area contributed by atoms with Gasteiger partial charge in [0.2, 0.25) is 0 Å². The van der Waals surface area contributed by atoms with Crippen molar-refractivity contribution in [1.82, 2.24) is 5.32 Å². The van der Waals surface area contributed by atoms with Gasteiger partial charge >= 0.3 is 6.36 Å². The summed E-state index contributed by atoms with van der Waals surface area (Å²) in [6.45, 7) is 1.91. The van der Waals surface area contributed by atoms with E-state index in [9.17, 15) is 13.2 Å². The second-order valence-electron chi connectivity index (χ2n) is 4.59. The van der Waals surface area contributed by atoms with Crippen molar-refractivity contribution in [3.8, 4) is 5.75 Å². The van der Waals surface area contributed by atoms with Crippen molar-refractivity contribution in [2.24, 2.45) is 5.92 Å². The number of hydrogen-bond acceptors (Lipinski definition) is 2. The van der Waals surface area contributed by atoms with E-state index < -0.39 is 6.36 Å². The Hall–Kier alpha value is -1.23. The molecule has 0 aliphatic heterocycles. The minimum Gasteiger partial charge on any atom is -0.406 e. The van der Waals surface area contributed by atoms with Crippen molar-refractivity contribution in [1.29, 1.82) is 0 Å². The van der Waals surface area contributed by atoms with Crippen LogP contribution in [0.2, 0.25) is 0 Å². The molecular weight excluding hydrogens is 243 g/mol. The molecule has 0 spiro atoms. The smallest absolute Gasteiger partial charge is 0.406 e. The van der Waals surface area contributed by atoms with Gasteiger partial charge in [-0.25, -0.2) is 0 Å². The van der Waals surface area contributed by atoms with E-state index in [2.05, 4.69) is 10.1 Å². The highest BCUT2D eigenvalue weighted by Gasteiger charge is 2.30. The molecule has 2 nitrogen and oxygen atoms in total. The number of benzene rings is 1. The van der Waals surface area contributed by atoms with Crippen LogP contribution in [-0.4, -0.2) is 19.5 Å². The average Bonchev–Trinajstić information content (AvgIpc) is 3.08. The summed E-state index contributed by atoms with van der Waals surface area (Å²) in [6.07, 6.45) is -1.17. The van der Waals surface area contributed by atoms with Crippen LogP contribution >= 0.6 is 0 Å². The predicted molar refractivity (Wildman–Crippen MR) is 62.4 cm³/mol. The summed E-state index contributed by atoms with van der Waals surface area (Å²) in [6, 6.07) is 6.03. The molecule has 5 heteroatoms. The zero-order chi connectivity index (χ0) is 13.0. The maximum absolute atomic E-state index is 11.9. The lowest BCUT2D eigenvalue weighted by molar-refractivity contribution is -0.274. The third-order valence-corrected chi connectivity index (χ3v) is 2.88. The van der Waals surface area contributed by atoms with E-state index in [0.29, 0.717) is 0 Å². The molecule has 1 fully saturated rings. The van der Waals surface area contributed by atoms with Crippen LogP contribution < -0.4 is 10.1 Å². The van der Waals surface area contributed by atoms with Crippen molar-refractivity contribution >= 4 is 0 Å². The molecule has 0 radical (unpaired) electrons. The first-order valence-corrected chi connectivity index (χ1v) is 6.08. The highest BCUT2D eigenvalue weighted by Crippen LogP contribution is 2.27. The third-order valence-electron chi connectivity index (χ3n) is 2.88. The molecule has 1 aliphatic carbocycles. The number of nitrogens with one attached hydrogen (secondary N) is 1. The van der Waals surface area contributed by atoms with Crippen molar-refractivity contribution in [3.05, 3.63) is 29.8 Å². The number of alkyl halides is 3. The van der Waals surface area contributed by atoms with Crippen LogP contribution in [0.1, 0.15) is 18.4 Å². The van der Waals surface area contributed by atoms with Crippen LogP contribution in [-0.2, 0) is 6.42 Å². The Morgan fingerprint density at radius 2 is 1.83 bits per heavy atom. The molecule has 0 atom stereocenters. The molecule has 100 valence electrons. The third kappa shape index (κ3) is 4.96. The highest BCUT2D eigenvalue weighted by molar-refractivity contribution is 5.27. The minimum atomic E-state index is -4.62. The van der Waals surface area contributed by atoms with Crippen LogP contribution in [0, 0.1) is 5.92 Å². The summed E-state index contributed by atoms with van der Waals surface area (Å²) in [5.74, 6) is 0.671. The second kappa shape index (κ2) is 5.61. The van der Waals surface area contributed by atoms with E-state index >= 15 is 0 Å². The van der Waals surface area contributed by atoms with Gasteiger partial charge in [-0.1, -0.05) is 12.1 Å². The molecule has 0 amide bonds. The van der Waals surface area contributed by atoms with Crippen molar-refractivity contribution in [2.45, 2.75) is 25.6 Å². The lowest BCUT2D eigenvalue weighted by atomic mass is 10.1. The molecule has 1 aromatic carbocycles. The summed E-state index contributed by atoms with van der Waals surface area (Å²) < 4.78 is 39.6. The van der Waals surface area contributed by atoms with Gasteiger partial charge in [0.1, 0.15) is 5.75 Å². The van der Waals surface area contributed by atoms with E-state index in [1.807, 2.05) is 0 Å². The number of ether oxygens (including phenoxy) is 1. The van der Waals surface area contributed by atoms with Gasteiger partial charge < -0.3 is 10.1 Å². The molecule has 0 bridgehead atoms. The largest absolute Gasteiger partial charge is 0.573 e. The van der Waals surface area contributed by atoms with E-state index in [0.717, 1.165) is 31.0 Å². The van der Waals surface area contributed by atoms with E-state index in [1.165, 1.54) is 25.0 Å². The minimum absolute atomic E-state index is 0.169. The maximum atomic E-state index is 11.9. The van der Waals surface area contributed by atoms with Gasteiger partial charge in [0.25, 0.3) is 0 Å². The van der Waals surface area contributed by atoms with Crippen LogP contribution in [0.3, 0.4) is 0 Å². The molecule has 0 saturated heterocycles. The maximum Gasteiger partial charge on any atom is 0.573 e. The Bertz CT molecular complexity index is 371. The summed E-state index contributed by atoms with van der Waals surface area (Å²) >= 11 is 0. The van der Waals surface area contributed by atoms with Gasteiger partial charge in [0.05, 0.1) is 0 Å². The topological polar surface area (TPSA) is 21.3 Å². The van der Waals surface area contributed by atoms with E-state index in [1.54, 1.807) is 12.1 Å². The molecule has 0 unspecified atom stereocenters. The zero-order valence-electron chi connectivity index (χ0n) is 9.96. The fourth-order valence-corrected chi connectivity index (χ4v) is 1.72. The highest BCUT2D eigenvalue weighted by atomic mass is 19.4. The number of rotatable bonds is 6. The normalized spacial score (nSPS) is 15.7. The van der Waals surface area contributed by atoms with Crippen LogP contribution in [0.25, 0.3) is 0 Å². The van der Waals surface area contributed by atoms with E-state index in [-0.39, 0.29) is 5.75 Å². The van der Waals surface area contributed by atoms with Gasteiger partial charge in [-0.2, -0.15) is 0 Å². The Morgan fingerprint density at radius 3 is 2.39 bits per heavy atom. The Balaban J connectivity index is 1.72. The molecular formula is C13H16F3NO. The van der Waals surface area contributed by atoms with Crippen molar-refractivity contribution in [2.75, 3.05) is 13.1 Å². The molecule has 0 aromatic heterocycles.